The minimum absolute atomic E-state index is 0.0602. The fourth-order valence-electron chi connectivity index (χ4n) is 1.92. The zero-order valence-corrected chi connectivity index (χ0v) is 11.9. The minimum Gasteiger partial charge on any atom is -0.478 e. The number of halogens is 1. The maximum atomic E-state index is 12.2. The Morgan fingerprint density at radius 3 is 2.48 bits per heavy atom. The predicted octanol–water partition coefficient (Wildman–Crippen LogP) is 3.18. The van der Waals surface area contributed by atoms with Gasteiger partial charge >= 0.3 is 5.97 Å². The van der Waals surface area contributed by atoms with Gasteiger partial charge in [-0.05, 0) is 48.9 Å². The zero-order chi connectivity index (χ0) is 15.6. The lowest BCUT2D eigenvalue weighted by Crippen LogP contribution is -2.16. The van der Waals surface area contributed by atoms with Gasteiger partial charge in [-0.2, -0.15) is 0 Å². The van der Waals surface area contributed by atoms with Gasteiger partial charge in [0.25, 0.3) is 5.91 Å². The van der Waals surface area contributed by atoms with Crippen molar-refractivity contribution in [2.45, 2.75) is 6.92 Å². The van der Waals surface area contributed by atoms with Crippen molar-refractivity contribution < 1.29 is 14.7 Å². The molecule has 0 aliphatic rings. The molecule has 5 nitrogen and oxygen atoms in total. The Kier molecular flexibility index (Phi) is 4.14. The SMILES string of the molecule is Cc1cc(Cl)ccc1C(=O)Nc1ccc(N)cc1C(=O)O. The van der Waals surface area contributed by atoms with Crippen molar-refractivity contribution in [3.05, 3.63) is 58.1 Å². The molecule has 0 aliphatic heterocycles. The third-order valence-electron chi connectivity index (χ3n) is 2.96. The van der Waals surface area contributed by atoms with Crippen LogP contribution in [-0.2, 0) is 0 Å². The maximum Gasteiger partial charge on any atom is 0.337 e. The van der Waals surface area contributed by atoms with Crippen LogP contribution in [0, 0.1) is 6.92 Å². The number of carbonyl (C=O) groups is 2. The number of benzene rings is 2. The number of hydrogen-bond acceptors (Lipinski definition) is 3. The van der Waals surface area contributed by atoms with Crippen LogP contribution in [0.5, 0.6) is 0 Å². The molecule has 0 atom stereocenters. The van der Waals surface area contributed by atoms with E-state index in [1.807, 2.05) is 0 Å². The lowest BCUT2D eigenvalue weighted by atomic mass is 10.1. The second-order valence-electron chi connectivity index (χ2n) is 4.52. The largest absolute Gasteiger partial charge is 0.478 e. The first-order chi connectivity index (χ1) is 9.88. The summed E-state index contributed by atoms with van der Waals surface area (Å²) in [5.41, 5.74) is 7.13. The topological polar surface area (TPSA) is 92.4 Å². The molecule has 1 amide bonds. The first-order valence-corrected chi connectivity index (χ1v) is 6.46. The van der Waals surface area contributed by atoms with Gasteiger partial charge in [-0.1, -0.05) is 11.6 Å². The molecule has 0 bridgehead atoms. The van der Waals surface area contributed by atoms with Crippen molar-refractivity contribution in [1.29, 1.82) is 0 Å². The number of rotatable bonds is 3. The molecule has 108 valence electrons. The van der Waals surface area contributed by atoms with E-state index in [0.717, 1.165) is 0 Å². The third-order valence-corrected chi connectivity index (χ3v) is 3.19. The molecule has 6 heteroatoms. The summed E-state index contributed by atoms with van der Waals surface area (Å²) >= 11 is 5.84. The van der Waals surface area contributed by atoms with Crippen LogP contribution in [0.2, 0.25) is 5.02 Å². The fraction of sp³-hybridized carbons (Fsp3) is 0.0667. The summed E-state index contributed by atoms with van der Waals surface area (Å²) in [7, 11) is 0. The highest BCUT2D eigenvalue weighted by molar-refractivity contribution is 6.30. The van der Waals surface area contributed by atoms with Gasteiger partial charge in [0.2, 0.25) is 0 Å². The molecule has 0 aliphatic carbocycles. The molecule has 0 aromatic heterocycles. The monoisotopic (exact) mass is 304 g/mol. The summed E-state index contributed by atoms with van der Waals surface area (Å²) in [5, 5.41) is 12.2. The van der Waals surface area contributed by atoms with Crippen LogP contribution >= 0.6 is 11.6 Å². The number of aryl methyl sites for hydroxylation is 1. The van der Waals surface area contributed by atoms with Crippen molar-refractivity contribution in [3.63, 3.8) is 0 Å². The van der Waals surface area contributed by atoms with Gasteiger partial charge < -0.3 is 16.2 Å². The van der Waals surface area contributed by atoms with E-state index in [1.165, 1.54) is 18.2 Å². The van der Waals surface area contributed by atoms with E-state index in [4.69, 9.17) is 22.4 Å². The Morgan fingerprint density at radius 2 is 1.86 bits per heavy atom. The molecule has 0 saturated heterocycles. The Bertz CT molecular complexity index is 729. The maximum absolute atomic E-state index is 12.2. The standard InChI is InChI=1S/C15H13ClN2O3/c1-8-6-9(16)2-4-11(8)14(19)18-13-5-3-10(17)7-12(13)15(20)21/h2-7H,17H2,1H3,(H,18,19)(H,20,21). The summed E-state index contributed by atoms with van der Waals surface area (Å²) in [6.45, 7) is 1.75. The van der Waals surface area contributed by atoms with Crippen LogP contribution in [0.3, 0.4) is 0 Å². The van der Waals surface area contributed by atoms with E-state index in [1.54, 1.807) is 25.1 Å². The zero-order valence-electron chi connectivity index (χ0n) is 11.2. The number of nitrogen functional groups attached to an aromatic ring is 1. The first-order valence-electron chi connectivity index (χ1n) is 6.09. The summed E-state index contributed by atoms with van der Waals surface area (Å²) in [6, 6.07) is 9.14. The van der Waals surface area contributed by atoms with Crippen LogP contribution in [0.4, 0.5) is 11.4 Å². The van der Waals surface area contributed by atoms with Crippen molar-refractivity contribution in [2.24, 2.45) is 0 Å². The second kappa shape index (κ2) is 5.85. The fourth-order valence-corrected chi connectivity index (χ4v) is 2.15. The molecule has 2 aromatic carbocycles. The number of hydrogen-bond donors (Lipinski definition) is 3. The Morgan fingerprint density at radius 1 is 1.14 bits per heavy atom. The quantitative estimate of drug-likeness (QED) is 0.759. The summed E-state index contributed by atoms with van der Waals surface area (Å²) in [5.74, 6) is -1.57. The lowest BCUT2D eigenvalue weighted by molar-refractivity contribution is 0.0698. The van der Waals surface area contributed by atoms with Gasteiger partial charge in [0.15, 0.2) is 0 Å². The lowest BCUT2D eigenvalue weighted by Gasteiger charge is -2.11. The highest BCUT2D eigenvalue weighted by Crippen LogP contribution is 2.21. The number of nitrogens with two attached hydrogens (primary N) is 1. The third kappa shape index (κ3) is 3.32. The van der Waals surface area contributed by atoms with Crippen molar-refractivity contribution in [2.75, 3.05) is 11.1 Å². The van der Waals surface area contributed by atoms with E-state index in [-0.39, 0.29) is 11.3 Å². The highest BCUT2D eigenvalue weighted by atomic mass is 35.5. The molecule has 21 heavy (non-hydrogen) atoms. The van der Waals surface area contributed by atoms with Crippen LogP contribution in [0.15, 0.2) is 36.4 Å². The average molecular weight is 305 g/mol. The molecular weight excluding hydrogens is 292 g/mol. The van der Waals surface area contributed by atoms with E-state index in [0.29, 0.717) is 21.8 Å². The summed E-state index contributed by atoms with van der Waals surface area (Å²) in [6.07, 6.45) is 0. The highest BCUT2D eigenvalue weighted by Gasteiger charge is 2.15. The molecule has 0 radical (unpaired) electrons. The normalized spacial score (nSPS) is 10.2. The van der Waals surface area contributed by atoms with Crippen LogP contribution in [-0.4, -0.2) is 17.0 Å². The minimum atomic E-state index is -1.16. The predicted molar refractivity (Wildman–Crippen MR) is 82.0 cm³/mol. The second-order valence-corrected chi connectivity index (χ2v) is 4.96. The number of carbonyl (C=O) groups excluding carboxylic acids is 1. The van der Waals surface area contributed by atoms with Crippen molar-refractivity contribution in [1.82, 2.24) is 0 Å². The Balaban J connectivity index is 2.34. The van der Waals surface area contributed by atoms with Gasteiger partial charge in [-0.25, -0.2) is 4.79 Å². The van der Waals surface area contributed by atoms with E-state index >= 15 is 0 Å². The smallest absolute Gasteiger partial charge is 0.337 e. The molecule has 0 saturated carbocycles. The molecule has 4 N–H and O–H groups in total. The average Bonchev–Trinajstić information content (AvgIpc) is 2.40. The van der Waals surface area contributed by atoms with Crippen molar-refractivity contribution in [3.8, 4) is 0 Å². The number of carboxylic acid groups (broad SMARTS) is 1. The Hall–Kier alpha value is -2.53. The first kappa shape index (κ1) is 14.9. The van der Waals surface area contributed by atoms with Crippen molar-refractivity contribution >= 4 is 34.9 Å². The number of anilines is 2. The number of amides is 1. The van der Waals surface area contributed by atoms with Crippen LogP contribution in [0.25, 0.3) is 0 Å². The molecule has 0 unspecified atom stereocenters. The molecule has 2 aromatic rings. The van der Waals surface area contributed by atoms with Crippen LogP contribution < -0.4 is 11.1 Å². The molecule has 0 fully saturated rings. The Labute approximate surface area is 126 Å². The van der Waals surface area contributed by atoms with Gasteiger partial charge in [0, 0.05) is 16.3 Å². The van der Waals surface area contributed by atoms with Gasteiger partial charge in [-0.3, -0.25) is 4.79 Å². The van der Waals surface area contributed by atoms with E-state index in [9.17, 15) is 9.59 Å². The van der Waals surface area contributed by atoms with Gasteiger partial charge in [0.05, 0.1) is 11.3 Å². The number of nitrogens with one attached hydrogen (secondary N) is 1. The number of aromatic carboxylic acids is 1. The summed E-state index contributed by atoms with van der Waals surface area (Å²) in [4.78, 5) is 23.4. The summed E-state index contributed by atoms with van der Waals surface area (Å²) < 4.78 is 0. The van der Waals surface area contributed by atoms with Crippen LogP contribution in [0.1, 0.15) is 26.3 Å². The molecule has 0 heterocycles. The molecule has 0 spiro atoms. The van der Waals surface area contributed by atoms with E-state index in [2.05, 4.69) is 5.32 Å². The molecular formula is C15H13ClN2O3. The molecule has 2 rings (SSSR count). The number of carboxylic acids is 1. The van der Waals surface area contributed by atoms with Gasteiger partial charge in [0.1, 0.15) is 0 Å². The van der Waals surface area contributed by atoms with Gasteiger partial charge in [-0.15, -0.1) is 0 Å². The van der Waals surface area contributed by atoms with E-state index < -0.39 is 11.9 Å².